The number of rotatable bonds is 7. The standard InChI is InChI=1S/C19H25N3O2/c1-2-3-12-24-16-10-8-14(9-11-16)18-17(13-20-22-18)19(23)21-15-6-4-5-7-15/h8-11,13,15H,2-7,12H2,1H3,(H,20,22)(H,21,23). The van der Waals surface area contributed by atoms with Gasteiger partial charge in [0.1, 0.15) is 5.75 Å². The molecule has 5 heteroatoms. The number of benzene rings is 1. The van der Waals surface area contributed by atoms with Gasteiger partial charge in [-0.3, -0.25) is 9.89 Å². The molecule has 1 fully saturated rings. The highest BCUT2D eigenvalue weighted by Crippen LogP contribution is 2.25. The average Bonchev–Trinajstić information content (AvgIpc) is 3.27. The summed E-state index contributed by atoms with van der Waals surface area (Å²) in [5.41, 5.74) is 2.29. The second-order valence-corrected chi connectivity index (χ2v) is 6.34. The highest BCUT2D eigenvalue weighted by molar-refractivity contribution is 5.99. The topological polar surface area (TPSA) is 67.0 Å². The van der Waals surface area contributed by atoms with Crippen molar-refractivity contribution in [2.24, 2.45) is 0 Å². The van der Waals surface area contributed by atoms with Crippen LogP contribution in [0.5, 0.6) is 5.75 Å². The van der Waals surface area contributed by atoms with E-state index in [0.29, 0.717) is 11.6 Å². The number of unbranched alkanes of at least 4 members (excludes halogenated alkanes) is 1. The van der Waals surface area contributed by atoms with Crippen LogP contribution in [-0.2, 0) is 0 Å². The van der Waals surface area contributed by atoms with Crippen LogP contribution in [0.2, 0.25) is 0 Å². The Morgan fingerprint density at radius 3 is 2.75 bits per heavy atom. The molecular formula is C19H25N3O2. The Labute approximate surface area is 142 Å². The zero-order valence-electron chi connectivity index (χ0n) is 14.2. The van der Waals surface area contributed by atoms with Gasteiger partial charge in [0, 0.05) is 11.6 Å². The van der Waals surface area contributed by atoms with Crippen LogP contribution < -0.4 is 10.1 Å². The molecule has 1 heterocycles. The summed E-state index contributed by atoms with van der Waals surface area (Å²) in [6.07, 6.45) is 8.31. The third-order valence-corrected chi connectivity index (χ3v) is 4.48. The number of nitrogens with one attached hydrogen (secondary N) is 2. The van der Waals surface area contributed by atoms with Gasteiger partial charge in [-0.2, -0.15) is 5.10 Å². The second-order valence-electron chi connectivity index (χ2n) is 6.34. The molecule has 0 unspecified atom stereocenters. The van der Waals surface area contributed by atoms with Crippen molar-refractivity contribution in [3.63, 3.8) is 0 Å². The molecule has 3 rings (SSSR count). The lowest BCUT2D eigenvalue weighted by Crippen LogP contribution is -2.32. The van der Waals surface area contributed by atoms with E-state index >= 15 is 0 Å². The molecule has 0 aliphatic heterocycles. The molecule has 1 aromatic carbocycles. The summed E-state index contributed by atoms with van der Waals surface area (Å²) in [6.45, 7) is 2.87. The Morgan fingerprint density at radius 1 is 1.29 bits per heavy atom. The van der Waals surface area contributed by atoms with Crippen LogP contribution in [-0.4, -0.2) is 28.8 Å². The number of nitrogens with zero attached hydrogens (tertiary/aromatic N) is 1. The average molecular weight is 327 g/mol. The summed E-state index contributed by atoms with van der Waals surface area (Å²) in [5, 5.41) is 10.1. The van der Waals surface area contributed by atoms with Crippen molar-refractivity contribution in [3.05, 3.63) is 36.0 Å². The number of aromatic amines is 1. The molecule has 0 spiro atoms. The van der Waals surface area contributed by atoms with E-state index in [1.807, 2.05) is 24.3 Å². The Bertz CT molecular complexity index is 658. The van der Waals surface area contributed by atoms with Crippen LogP contribution in [0.1, 0.15) is 55.8 Å². The monoisotopic (exact) mass is 327 g/mol. The summed E-state index contributed by atoms with van der Waals surface area (Å²) in [4.78, 5) is 12.5. The molecule has 24 heavy (non-hydrogen) atoms. The van der Waals surface area contributed by atoms with E-state index in [1.54, 1.807) is 6.20 Å². The molecule has 1 aromatic heterocycles. The van der Waals surface area contributed by atoms with Gasteiger partial charge in [-0.25, -0.2) is 0 Å². The molecule has 128 valence electrons. The minimum Gasteiger partial charge on any atom is -0.494 e. The van der Waals surface area contributed by atoms with Crippen molar-refractivity contribution < 1.29 is 9.53 Å². The number of carbonyl (C=O) groups excluding carboxylic acids is 1. The van der Waals surface area contributed by atoms with E-state index in [1.165, 1.54) is 12.8 Å². The number of amides is 1. The van der Waals surface area contributed by atoms with Gasteiger partial charge in [-0.15, -0.1) is 0 Å². The molecule has 0 saturated heterocycles. The van der Waals surface area contributed by atoms with Crippen LogP contribution in [0.25, 0.3) is 11.3 Å². The maximum atomic E-state index is 12.5. The first kappa shape index (κ1) is 16.6. The predicted molar refractivity (Wildman–Crippen MR) is 94.1 cm³/mol. The summed E-state index contributed by atoms with van der Waals surface area (Å²) in [7, 11) is 0. The van der Waals surface area contributed by atoms with Crippen LogP contribution in [0.4, 0.5) is 0 Å². The SMILES string of the molecule is CCCCOc1ccc(-c2[nH]ncc2C(=O)NC2CCCC2)cc1. The number of ether oxygens (including phenoxy) is 1. The zero-order chi connectivity index (χ0) is 16.8. The van der Waals surface area contributed by atoms with Crippen LogP contribution in [0.3, 0.4) is 0 Å². The maximum Gasteiger partial charge on any atom is 0.255 e. The molecule has 0 radical (unpaired) electrons. The molecule has 2 N–H and O–H groups in total. The molecule has 0 atom stereocenters. The third kappa shape index (κ3) is 3.96. The van der Waals surface area contributed by atoms with Gasteiger partial charge in [-0.05, 0) is 43.5 Å². The minimum absolute atomic E-state index is 0.0473. The molecule has 0 bridgehead atoms. The van der Waals surface area contributed by atoms with E-state index < -0.39 is 0 Å². The first-order chi connectivity index (χ1) is 11.8. The fourth-order valence-corrected chi connectivity index (χ4v) is 3.06. The second kappa shape index (κ2) is 7.99. The highest BCUT2D eigenvalue weighted by atomic mass is 16.5. The third-order valence-electron chi connectivity index (χ3n) is 4.48. The molecule has 2 aromatic rings. The van der Waals surface area contributed by atoms with Crippen molar-refractivity contribution >= 4 is 5.91 Å². The Hall–Kier alpha value is -2.30. The summed E-state index contributed by atoms with van der Waals surface area (Å²) >= 11 is 0. The number of hydrogen-bond donors (Lipinski definition) is 2. The highest BCUT2D eigenvalue weighted by Gasteiger charge is 2.21. The van der Waals surface area contributed by atoms with Gasteiger partial charge in [-0.1, -0.05) is 26.2 Å². The van der Waals surface area contributed by atoms with Crippen molar-refractivity contribution in [2.45, 2.75) is 51.5 Å². The van der Waals surface area contributed by atoms with Crippen molar-refractivity contribution in [3.8, 4) is 17.0 Å². The predicted octanol–water partition coefficient (Wildman–Crippen LogP) is 3.93. The Morgan fingerprint density at radius 2 is 2.04 bits per heavy atom. The van der Waals surface area contributed by atoms with Crippen LogP contribution in [0.15, 0.2) is 30.5 Å². The van der Waals surface area contributed by atoms with Crippen LogP contribution >= 0.6 is 0 Å². The van der Waals surface area contributed by atoms with Crippen molar-refractivity contribution in [1.82, 2.24) is 15.5 Å². The summed E-state index contributed by atoms with van der Waals surface area (Å²) in [6, 6.07) is 8.09. The van der Waals surface area contributed by atoms with Gasteiger partial charge in [0.25, 0.3) is 5.91 Å². The Kier molecular flexibility index (Phi) is 5.51. The normalized spacial score (nSPS) is 14.7. The molecular weight excluding hydrogens is 302 g/mol. The van der Waals surface area contributed by atoms with Gasteiger partial charge >= 0.3 is 0 Å². The fourth-order valence-electron chi connectivity index (χ4n) is 3.06. The van der Waals surface area contributed by atoms with E-state index in [2.05, 4.69) is 22.4 Å². The number of H-pyrrole nitrogens is 1. The molecule has 5 nitrogen and oxygen atoms in total. The maximum absolute atomic E-state index is 12.5. The van der Waals surface area contributed by atoms with Crippen LogP contribution in [0, 0.1) is 0 Å². The first-order valence-corrected chi connectivity index (χ1v) is 8.85. The van der Waals surface area contributed by atoms with Gasteiger partial charge in [0.15, 0.2) is 0 Å². The minimum atomic E-state index is -0.0473. The quantitative estimate of drug-likeness (QED) is 0.757. The zero-order valence-corrected chi connectivity index (χ0v) is 14.2. The fraction of sp³-hybridized carbons (Fsp3) is 0.474. The summed E-state index contributed by atoms with van der Waals surface area (Å²) < 4.78 is 5.68. The van der Waals surface area contributed by atoms with E-state index in [0.717, 1.165) is 49.3 Å². The van der Waals surface area contributed by atoms with Gasteiger partial charge in [0.05, 0.1) is 24.1 Å². The van der Waals surface area contributed by atoms with Gasteiger partial charge < -0.3 is 10.1 Å². The van der Waals surface area contributed by atoms with E-state index in [-0.39, 0.29) is 5.91 Å². The lowest BCUT2D eigenvalue weighted by molar-refractivity contribution is 0.0938. The number of carbonyl (C=O) groups is 1. The lowest BCUT2D eigenvalue weighted by atomic mass is 10.1. The molecule has 1 aliphatic carbocycles. The molecule has 1 aliphatic rings. The van der Waals surface area contributed by atoms with E-state index in [9.17, 15) is 4.79 Å². The lowest BCUT2D eigenvalue weighted by Gasteiger charge is -2.12. The van der Waals surface area contributed by atoms with Gasteiger partial charge in [0.2, 0.25) is 0 Å². The van der Waals surface area contributed by atoms with Crippen molar-refractivity contribution in [1.29, 1.82) is 0 Å². The van der Waals surface area contributed by atoms with Crippen molar-refractivity contribution in [2.75, 3.05) is 6.61 Å². The first-order valence-electron chi connectivity index (χ1n) is 8.85. The van der Waals surface area contributed by atoms with E-state index in [4.69, 9.17) is 4.74 Å². The number of aromatic nitrogens is 2. The number of hydrogen-bond acceptors (Lipinski definition) is 3. The Balaban J connectivity index is 1.68. The smallest absolute Gasteiger partial charge is 0.255 e. The molecule has 1 saturated carbocycles. The largest absolute Gasteiger partial charge is 0.494 e. The molecule has 1 amide bonds. The summed E-state index contributed by atoms with van der Waals surface area (Å²) in [5.74, 6) is 0.803.